The number of aryl methyl sites for hydroxylation is 1. The third kappa shape index (κ3) is 10.0. The highest BCUT2D eigenvalue weighted by molar-refractivity contribution is 5.95. The van der Waals surface area contributed by atoms with E-state index in [9.17, 15) is 22.8 Å². The first-order valence-electron chi connectivity index (χ1n) is 16.8. The van der Waals surface area contributed by atoms with E-state index < -0.39 is 23.7 Å². The first-order chi connectivity index (χ1) is 23.7. The van der Waals surface area contributed by atoms with E-state index in [1.165, 1.54) is 29.8 Å². The van der Waals surface area contributed by atoms with Crippen LogP contribution < -0.4 is 4.90 Å². The van der Waals surface area contributed by atoms with Crippen molar-refractivity contribution in [1.29, 1.82) is 0 Å². The summed E-state index contributed by atoms with van der Waals surface area (Å²) < 4.78 is 39.4. The number of unbranched alkanes of at least 4 members (excludes halogenated alkanes) is 2. The number of amides is 2. The maximum atomic E-state index is 14.4. The van der Waals surface area contributed by atoms with Crippen molar-refractivity contribution in [3.63, 3.8) is 0 Å². The topological polar surface area (TPSA) is 69.6 Å². The lowest BCUT2D eigenvalue weighted by Gasteiger charge is -2.39. The average molecular weight is 670 g/mol. The molecule has 5 rings (SSSR count). The molecule has 4 aromatic rings. The van der Waals surface area contributed by atoms with Crippen molar-refractivity contribution in [2.75, 3.05) is 31.1 Å². The second-order valence-electron chi connectivity index (χ2n) is 12.3. The Morgan fingerprint density at radius 2 is 1.47 bits per heavy atom. The minimum atomic E-state index is -4.45. The van der Waals surface area contributed by atoms with Crippen molar-refractivity contribution >= 4 is 23.8 Å². The molecule has 7 nitrogen and oxygen atoms in total. The first kappa shape index (κ1) is 35.3. The molecule has 0 spiro atoms. The summed E-state index contributed by atoms with van der Waals surface area (Å²) in [6.45, 7) is 4.35. The fourth-order valence-electron chi connectivity index (χ4n) is 5.94. The summed E-state index contributed by atoms with van der Waals surface area (Å²) in [7, 11) is 0. The summed E-state index contributed by atoms with van der Waals surface area (Å²) in [5.74, 6) is 0.0428. The van der Waals surface area contributed by atoms with Gasteiger partial charge in [-0.05, 0) is 59.4 Å². The molecule has 1 aromatic heterocycles. The molecule has 10 heteroatoms. The van der Waals surface area contributed by atoms with Crippen molar-refractivity contribution in [2.45, 2.75) is 57.8 Å². The van der Waals surface area contributed by atoms with Crippen molar-refractivity contribution in [3.05, 3.63) is 131 Å². The van der Waals surface area contributed by atoms with Crippen LogP contribution in [0.3, 0.4) is 0 Å². The predicted octanol–water partition coefficient (Wildman–Crippen LogP) is 7.23. The normalized spacial score (nSPS) is 14.2. The van der Waals surface area contributed by atoms with Gasteiger partial charge in [-0.1, -0.05) is 86.5 Å². The van der Waals surface area contributed by atoms with Gasteiger partial charge in [0.25, 0.3) is 0 Å². The van der Waals surface area contributed by atoms with Gasteiger partial charge in [-0.3, -0.25) is 9.59 Å². The summed E-state index contributed by atoms with van der Waals surface area (Å²) in [6.07, 6.45) is 6.44. The molecular formula is C39H42F3N5O2. The number of piperazine rings is 1. The van der Waals surface area contributed by atoms with Crippen LogP contribution in [0.1, 0.15) is 54.0 Å². The standard InChI is InChI=1S/C39H42F3N5O2/c1-2-3-5-9-30-12-14-33(15-13-30)29-47(36(48)21-18-31-16-19-34(20-17-31)39(40,41)42)35(28-32-10-6-4-7-11-32)37(49)45-24-26-46(27-25-45)38-43-22-8-23-44-38/h4,6-8,10-23,35H,2-3,5,9,24-29H2,1H3/t35-/m0/s1. The van der Waals surface area contributed by atoms with E-state index in [1.54, 1.807) is 28.3 Å². The van der Waals surface area contributed by atoms with Crippen molar-refractivity contribution in [3.8, 4) is 0 Å². The minimum absolute atomic E-state index is 0.162. The van der Waals surface area contributed by atoms with Gasteiger partial charge < -0.3 is 14.7 Å². The smallest absolute Gasteiger partial charge is 0.337 e. The largest absolute Gasteiger partial charge is 0.416 e. The molecule has 1 saturated heterocycles. The van der Waals surface area contributed by atoms with E-state index in [4.69, 9.17) is 0 Å². The Bertz CT molecular complexity index is 1660. The lowest BCUT2D eigenvalue weighted by Crippen LogP contribution is -2.56. The number of hydrogen-bond donors (Lipinski definition) is 0. The van der Waals surface area contributed by atoms with Gasteiger partial charge in [0.15, 0.2) is 0 Å². The highest BCUT2D eigenvalue weighted by atomic mass is 19.4. The number of alkyl halides is 3. The SMILES string of the molecule is CCCCCc1ccc(CN(C(=O)C=Cc2ccc(C(F)(F)F)cc2)[C@@H](Cc2ccccc2)C(=O)N2CCN(c3ncccn3)CC2)cc1. The van der Waals surface area contributed by atoms with Gasteiger partial charge in [0, 0.05) is 57.6 Å². The molecule has 1 atom stereocenters. The zero-order valence-corrected chi connectivity index (χ0v) is 27.7. The lowest BCUT2D eigenvalue weighted by atomic mass is 10.0. The number of anilines is 1. The Hall–Kier alpha value is -4.99. The summed E-state index contributed by atoms with van der Waals surface area (Å²) in [6, 6.07) is 23.3. The molecule has 0 N–H and O–H groups in total. The summed E-state index contributed by atoms with van der Waals surface area (Å²) >= 11 is 0. The maximum Gasteiger partial charge on any atom is 0.416 e. The summed E-state index contributed by atoms with van der Waals surface area (Å²) in [5.41, 5.74) is 2.70. The van der Waals surface area contributed by atoms with E-state index in [0.717, 1.165) is 48.9 Å². The Kier molecular flexibility index (Phi) is 12.2. The van der Waals surface area contributed by atoms with Gasteiger partial charge in [-0.25, -0.2) is 9.97 Å². The van der Waals surface area contributed by atoms with E-state index in [1.807, 2.05) is 47.4 Å². The highest BCUT2D eigenvalue weighted by Gasteiger charge is 2.34. The van der Waals surface area contributed by atoms with E-state index >= 15 is 0 Å². The van der Waals surface area contributed by atoms with Crippen molar-refractivity contribution in [1.82, 2.24) is 19.8 Å². The number of hydrogen-bond acceptors (Lipinski definition) is 5. The second-order valence-corrected chi connectivity index (χ2v) is 12.3. The lowest BCUT2D eigenvalue weighted by molar-refractivity contribution is -0.144. The number of rotatable bonds is 13. The molecular weight excluding hydrogens is 627 g/mol. The molecule has 1 fully saturated rings. The zero-order chi connectivity index (χ0) is 34.6. The third-order valence-electron chi connectivity index (χ3n) is 8.74. The Morgan fingerprint density at radius 3 is 2.10 bits per heavy atom. The fourth-order valence-corrected chi connectivity index (χ4v) is 5.94. The second kappa shape index (κ2) is 16.9. The number of halogens is 3. The molecule has 0 aliphatic carbocycles. The quantitative estimate of drug-likeness (QED) is 0.111. The molecule has 2 amide bonds. The van der Waals surface area contributed by atoms with Crippen molar-refractivity contribution in [2.24, 2.45) is 0 Å². The van der Waals surface area contributed by atoms with Crippen LogP contribution in [-0.4, -0.2) is 63.8 Å². The van der Waals surface area contributed by atoms with E-state index in [2.05, 4.69) is 29.0 Å². The number of aromatic nitrogens is 2. The average Bonchev–Trinajstić information content (AvgIpc) is 3.13. The zero-order valence-electron chi connectivity index (χ0n) is 27.7. The molecule has 0 saturated carbocycles. The molecule has 0 radical (unpaired) electrons. The fraction of sp³-hybridized carbons (Fsp3) is 0.333. The van der Waals surface area contributed by atoms with E-state index in [-0.39, 0.29) is 12.5 Å². The van der Waals surface area contributed by atoms with Crippen LogP contribution >= 0.6 is 0 Å². The van der Waals surface area contributed by atoms with Crippen LogP contribution in [-0.2, 0) is 35.2 Å². The Balaban J connectivity index is 1.42. The third-order valence-corrected chi connectivity index (χ3v) is 8.74. The molecule has 0 bridgehead atoms. The van der Waals surface area contributed by atoms with Gasteiger partial charge >= 0.3 is 6.18 Å². The predicted molar refractivity (Wildman–Crippen MR) is 185 cm³/mol. The van der Waals surface area contributed by atoms with Gasteiger partial charge in [-0.2, -0.15) is 13.2 Å². The number of carbonyl (C=O) groups excluding carboxylic acids is 2. The van der Waals surface area contributed by atoms with Crippen LogP contribution in [0.15, 0.2) is 103 Å². The number of benzene rings is 3. The summed E-state index contributed by atoms with van der Waals surface area (Å²) in [5, 5.41) is 0. The Morgan fingerprint density at radius 1 is 0.816 bits per heavy atom. The first-order valence-corrected chi connectivity index (χ1v) is 16.8. The number of carbonyl (C=O) groups is 2. The van der Waals surface area contributed by atoms with Crippen LogP contribution in [0.25, 0.3) is 6.08 Å². The van der Waals surface area contributed by atoms with Crippen LogP contribution in [0.5, 0.6) is 0 Å². The molecule has 2 heterocycles. The molecule has 1 aliphatic rings. The van der Waals surface area contributed by atoms with Crippen LogP contribution in [0, 0.1) is 0 Å². The maximum absolute atomic E-state index is 14.4. The van der Waals surface area contributed by atoms with Crippen LogP contribution in [0.2, 0.25) is 0 Å². The number of nitrogens with zero attached hydrogens (tertiary/aromatic N) is 5. The molecule has 0 unspecified atom stereocenters. The van der Waals surface area contributed by atoms with Crippen molar-refractivity contribution < 1.29 is 22.8 Å². The molecule has 49 heavy (non-hydrogen) atoms. The van der Waals surface area contributed by atoms with Gasteiger partial charge in [0.2, 0.25) is 17.8 Å². The van der Waals surface area contributed by atoms with Crippen LogP contribution in [0.4, 0.5) is 19.1 Å². The summed E-state index contributed by atoms with van der Waals surface area (Å²) in [4.78, 5) is 42.7. The van der Waals surface area contributed by atoms with Gasteiger partial charge in [0.1, 0.15) is 6.04 Å². The highest BCUT2D eigenvalue weighted by Crippen LogP contribution is 2.29. The monoisotopic (exact) mass is 669 g/mol. The van der Waals surface area contributed by atoms with Gasteiger partial charge in [-0.15, -0.1) is 0 Å². The molecule has 3 aromatic carbocycles. The molecule has 1 aliphatic heterocycles. The minimum Gasteiger partial charge on any atom is -0.337 e. The van der Waals surface area contributed by atoms with Gasteiger partial charge in [0.05, 0.1) is 5.56 Å². The van der Waals surface area contributed by atoms with E-state index in [0.29, 0.717) is 44.1 Å². The molecule has 256 valence electrons. The Labute approximate surface area is 286 Å².